The van der Waals surface area contributed by atoms with Crippen LogP contribution in [0, 0.1) is 25.7 Å². The number of aliphatic hydroxyl groups is 1. The highest BCUT2D eigenvalue weighted by Gasteiger charge is 2.78. The predicted octanol–water partition coefficient (Wildman–Crippen LogP) is 5.55. The van der Waals surface area contributed by atoms with E-state index in [2.05, 4.69) is 13.2 Å². The molecule has 2 amide bonds. The normalized spacial score (nSPS) is 28.0. The van der Waals surface area contributed by atoms with Crippen molar-refractivity contribution in [3.05, 3.63) is 90.5 Å². The molecule has 1 spiro atoms. The van der Waals surface area contributed by atoms with Gasteiger partial charge in [-0.05, 0) is 63.1 Å². The van der Waals surface area contributed by atoms with E-state index in [1.54, 1.807) is 33.7 Å². The van der Waals surface area contributed by atoms with Crippen LogP contribution >= 0.6 is 11.8 Å². The minimum Gasteiger partial charge on any atom is -0.465 e. The fourth-order valence-corrected chi connectivity index (χ4v) is 9.98. The Bertz CT molecular complexity index is 1390. The Morgan fingerprint density at radius 1 is 1.12 bits per heavy atom. The molecule has 7 nitrogen and oxygen atoms in total. The fourth-order valence-electron chi connectivity index (χ4n) is 7.66. The van der Waals surface area contributed by atoms with Gasteiger partial charge in [0.25, 0.3) is 5.91 Å². The molecule has 2 bridgehead atoms. The van der Waals surface area contributed by atoms with Crippen molar-refractivity contribution in [2.45, 2.75) is 68.0 Å². The van der Waals surface area contributed by atoms with Crippen LogP contribution in [-0.2, 0) is 19.1 Å². The number of thioether (sulfide) groups is 1. The molecule has 43 heavy (non-hydrogen) atoms. The second-order valence-corrected chi connectivity index (χ2v) is 14.1. The van der Waals surface area contributed by atoms with Gasteiger partial charge in [-0.1, -0.05) is 60.7 Å². The lowest BCUT2D eigenvalue weighted by Gasteiger charge is -2.40. The number of hydrogen-bond donors (Lipinski definition) is 1. The van der Waals surface area contributed by atoms with E-state index in [9.17, 15) is 14.7 Å². The number of para-hydroxylation sites is 1. The summed E-state index contributed by atoms with van der Waals surface area (Å²) in [5.74, 6) is -2.31. The monoisotopic (exact) mass is 602 g/mol. The number of aryl methyl sites for hydroxylation is 2. The van der Waals surface area contributed by atoms with E-state index in [-0.39, 0.29) is 37.5 Å². The van der Waals surface area contributed by atoms with Gasteiger partial charge < -0.3 is 19.6 Å². The summed E-state index contributed by atoms with van der Waals surface area (Å²) in [5.41, 5.74) is 3.42. The number of aliphatic hydroxyl groups excluding tert-OH is 1. The minimum atomic E-state index is -0.897. The Morgan fingerprint density at radius 3 is 2.44 bits per heavy atom. The second kappa shape index (κ2) is 12.3. The van der Waals surface area contributed by atoms with Crippen molar-refractivity contribution in [2.24, 2.45) is 11.8 Å². The molecule has 3 heterocycles. The smallest absolute Gasteiger partial charge is 0.311 e. The van der Waals surface area contributed by atoms with Gasteiger partial charge in [0.05, 0.1) is 35.8 Å². The first kappa shape index (κ1) is 31.1. The molecule has 8 heteroatoms. The van der Waals surface area contributed by atoms with Crippen LogP contribution in [0.5, 0.6) is 0 Å². The van der Waals surface area contributed by atoms with Gasteiger partial charge in [0.15, 0.2) is 0 Å². The molecule has 2 aromatic rings. The average molecular weight is 603 g/mol. The van der Waals surface area contributed by atoms with Crippen LogP contribution in [0.4, 0.5) is 5.69 Å². The number of hydrogen-bond acceptors (Lipinski definition) is 6. The summed E-state index contributed by atoms with van der Waals surface area (Å²) >= 11 is 1.60. The molecular weight excluding hydrogens is 560 g/mol. The third-order valence-electron chi connectivity index (χ3n) is 9.48. The number of amides is 2. The van der Waals surface area contributed by atoms with Gasteiger partial charge >= 0.3 is 5.97 Å². The van der Waals surface area contributed by atoms with E-state index in [0.717, 1.165) is 28.8 Å². The van der Waals surface area contributed by atoms with E-state index in [1.165, 1.54) is 0 Å². The molecule has 1 N–H and O–H groups in total. The molecule has 0 aliphatic carbocycles. The first-order valence-electron chi connectivity index (χ1n) is 15.1. The summed E-state index contributed by atoms with van der Waals surface area (Å²) in [6, 6.07) is 13.6. The van der Waals surface area contributed by atoms with Crippen LogP contribution in [0.15, 0.2) is 73.8 Å². The summed E-state index contributed by atoms with van der Waals surface area (Å²) < 4.78 is 4.38. The third-order valence-corrected chi connectivity index (χ3v) is 11.5. The van der Waals surface area contributed by atoms with Gasteiger partial charge in [0.1, 0.15) is 6.04 Å². The van der Waals surface area contributed by atoms with E-state index in [0.29, 0.717) is 19.3 Å². The van der Waals surface area contributed by atoms with Gasteiger partial charge in [-0.15, -0.1) is 24.9 Å². The second-order valence-electron chi connectivity index (χ2n) is 12.2. The van der Waals surface area contributed by atoms with Crippen LogP contribution in [0.2, 0.25) is 0 Å². The topological polar surface area (TPSA) is 87.1 Å². The zero-order valence-electron chi connectivity index (χ0n) is 25.3. The minimum absolute atomic E-state index is 0.223. The molecule has 6 atom stereocenters. The predicted molar refractivity (Wildman–Crippen MR) is 171 cm³/mol. The lowest BCUT2D eigenvalue weighted by Crippen LogP contribution is -2.56. The number of benzene rings is 2. The molecular formula is C35H42N2O5S. The Balaban J connectivity index is 1.64. The zero-order valence-corrected chi connectivity index (χ0v) is 26.1. The molecule has 228 valence electrons. The fraction of sp³-hybridized carbons (Fsp3) is 0.457. The molecule has 2 unspecified atom stereocenters. The number of nitrogens with zero attached hydrogens (tertiary/aromatic N) is 2. The van der Waals surface area contributed by atoms with Crippen LogP contribution in [0.3, 0.4) is 0 Å². The van der Waals surface area contributed by atoms with Crippen LogP contribution < -0.4 is 4.90 Å². The van der Waals surface area contributed by atoms with E-state index in [4.69, 9.17) is 4.74 Å². The maximum absolute atomic E-state index is 15.1. The number of fused-ring (bicyclic) bond motifs is 1. The highest BCUT2D eigenvalue weighted by atomic mass is 32.2. The first-order valence-corrected chi connectivity index (χ1v) is 15.9. The van der Waals surface area contributed by atoms with Crippen molar-refractivity contribution in [3.63, 3.8) is 0 Å². The zero-order chi connectivity index (χ0) is 30.9. The SMILES string of the molecule is C=CCCCOC(=O)[C@@H]1[C@H]2C(=O)N([C@H](CO)c3ccccc3)C(C(=O)N(CC=C)c3c(C)cccc3C)C23CC[C@@]1(C)S3. The lowest BCUT2D eigenvalue weighted by molar-refractivity contribution is -0.156. The van der Waals surface area contributed by atoms with Crippen molar-refractivity contribution in [2.75, 3.05) is 24.7 Å². The van der Waals surface area contributed by atoms with Crippen molar-refractivity contribution in [1.29, 1.82) is 0 Å². The summed E-state index contributed by atoms with van der Waals surface area (Å²) in [6.45, 7) is 13.8. The molecule has 3 aliphatic heterocycles. The standard InChI is InChI=1S/C35H42N2O5S/c1-6-8-12-21-42-33(41)28-27-31(39)37(26(22-38)25-16-10-9-11-17-25)30(35(27)19-18-34(28,5)43-35)32(40)36(20-7-2)29-23(3)14-13-15-24(29)4/h6-7,9-11,13-17,26-28,30,38H,1-2,8,12,18-22H2,3-5H3/t26-,27+,28+,30?,34-,35?/m1/s1. The van der Waals surface area contributed by atoms with E-state index in [1.807, 2.05) is 69.3 Å². The van der Waals surface area contributed by atoms with Gasteiger partial charge in [0, 0.05) is 17.0 Å². The van der Waals surface area contributed by atoms with Crippen LogP contribution in [-0.4, -0.2) is 63.1 Å². The van der Waals surface area contributed by atoms with Crippen LogP contribution in [0.25, 0.3) is 0 Å². The van der Waals surface area contributed by atoms with Gasteiger partial charge in [0.2, 0.25) is 5.91 Å². The molecule has 3 aliphatic rings. The Kier molecular flexibility index (Phi) is 8.91. The van der Waals surface area contributed by atoms with Crippen molar-refractivity contribution in [3.8, 4) is 0 Å². The quantitative estimate of drug-likeness (QED) is 0.195. The summed E-state index contributed by atoms with van der Waals surface area (Å²) in [6.07, 6.45) is 6.18. The van der Waals surface area contributed by atoms with Crippen molar-refractivity contribution < 1.29 is 24.2 Å². The third kappa shape index (κ3) is 5.12. The molecule has 0 aromatic heterocycles. The van der Waals surface area contributed by atoms with Crippen molar-refractivity contribution in [1.82, 2.24) is 4.90 Å². The summed E-state index contributed by atoms with van der Waals surface area (Å²) in [5, 5.41) is 10.8. The molecule has 5 rings (SSSR count). The molecule has 3 fully saturated rings. The highest BCUT2D eigenvalue weighted by molar-refractivity contribution is 8.02. The molecule has 0 saturated carbocycles. The maximum atomic E-state index is 15.1. The van der Waals surface area contributed by atoms with E-state index < -0.39 is 33.4 Å². The summed E-state index contributed by atoms with van der Waals surface area (Å²) in [4.78, 5) is 46.9. The number of anilines is 1. The van der Waals surface area contributed by atoms with E-state index >= 15 is 4.79 Å². The molecule has 3 saturated heterocycles. The Hall–Kier alpha value is -3.36. The number of carbonyl (C=O) groups excluding carboxylic acids is 3. The number of ether oxygens (including phenoxy) is 1. The number of likely N-dealkylation sites (tertiary alicyclic amines) is 1. The Morgan fingerprint density at radius 2 is 1.81 bits per heavy atom. The number of carbonyl (C=O) groups is 3. The largest absolute Gasteiger partial charge is 0.465 e. The van der Waals surface area contributed by atoms with Gasteiger partial charge in [-0.3, -0.25) is 14.4 Å². The number of allylic oxidation sites excluding steroid dienone is 1. The van der Waals surface area contributed by atoms with Gasteiger partial charge in [-0.25, -0.2) is 0 Å². The summed E-state index contributed by atoms with van der Waals surface area (Å²) in [7, 11) is 0. The number of rotatable bonds is 12. The number of unbranched alkanes of at least 4 members (excludes halogenated alkanes) is 1. The van der Waals surface area contributed by atoms with Crippen molar-refractivity contribution >= 4 is 35.2 Å². The lowest BCUT2D eigenvalue weighted by atomic mass is 9.66. The van der Waals surface area contributed by atoms with Gasteiger partial charge in [-0.2, -0.15) is 0 Å². The molecule has 0 radical (unpaired) electrons. The molecule has 2 aromatic carbocycles. The number of esters is 1. The average Bonchev–Trinajstić information content (AvgIpc) is 3.56. The first-order chi connectivity index (χ1) is 20.6. The Labute approximate surface area is 259 Å². The highest BCUT2D eigenvalue weighted by Crippen LogP contribution is 2.72. The van der Waals surface area contributed by atoms with Crippen LogP contribution in [0.1, 0.15) is 55.3 Å². The maximum Gasteiger partial charge on any atom is 0.311 e.